The lowest BCUT2D eigenvalue weighted by atomic mass is 10.5. The summed E-state index contributed by atoms with van der Waals surface area (Å²) in [5.74, 6) is 0. The van der Waals surface area contributed by atoms with Gasteiger partial charge in [-0.05, 0) is 0 Å². The first-order valence-electron chi connectivity index (χ1n) is 3.09. The van der Waals surface area contributed by atoms with Crippen LogP contribution in [0.15, 0.2) is 4.99 Å². The van der Waals surface area contributed by atoms with Crippen molar-refractivity contribution in [3.05, 3.63) is 0 Å². The molecule has 1 aliphatic heterocycles. The molecule has 1 heterocycles. The van der Waals surface area contributed by atoms with Crippen LogP contribution >= 0.6 is 9.24 Å². The van der Waals surface area contributed by atoms with Crippen LogP contribution in [-0.4, -0.2) is 36.7 Å². The van der Waals surface area contributed by atoms with Crippen LogP contribution in [0.2, 0.25) is 0 Å². The Morgan fingerprint density at radius 2 is 2.56 bits per heavy atom. The fourth-order valence-electron chi connectivity index (χ4n) is 0.882. The van der Waals surface area contributed by atoms with Gasteiger partial charge in [-0.25, -0.2) is 0 Å². The van der Waals surface area contributed by atoms with E-state index in [1.165, 1.54) is 0 Å². The van der Waals surface area contributed by atoms with Gasteiger partial charge in [-0.1, -0.05) is 9.24 Å². The van der Waals surface area contributed by atoms with Gasteiger partial charge in [-0.2, -0.15) is 0 Å². The van der Waals surface area contributed by atoms with Crippen LogP contribution in [0.5, 0.6) is 0 Å². The second kappa shape index (κ2) is 3.14. The maximum Gasteiger partial charge on any atom is 0.116 e. The van der Waals surface area contributed by atoms with Crippen molar-refractivity contribution in [3.63, 3.8) is 0 Å². The van der Waals surface area contributed by atoms with Gasteiger partial charge in [0.15, 0.2) is 0 Å². The number of hydrogen-bond acceptors (Lipinski definition) is 3. The summed E-state index contributed by atoms with van der Waals surface area (Å²) >= 11 is 0. The molecule has 0 aromatic carbocycles. The zero-order valence-corrected chi connectivity index (χ0v) is 6.53. The van der Waals surface area contributed by atoms with Crippen LogP contribution in [0.3, 0.4) is 0 Å². The van der Waals surface area contributed by atoms with E-state index in [-0.39, 0.29) is 0 Å². The third-order valence-electron chi connectivity index (χ3n) is 1.37. The quantitative estimate of drug-likeness (QED) is 0.532. The lowest BCUT2D eigenvalue weighted by Crippen LogP contribution is -2.29. The highest BCUT2D eigenvalue weighted by atomic mass is 31.0. The Kier molecular flexibility index (Phi) is 2.43. The van der Waals surface area contributed by atoms with Crippen LogP contribution in [0.4, 0.5) is 0 Å². The van der Waals surface area contributed by atoms with Crippen molar-refractivity contribution in [2.75, 3.05) is 26.2 Å². The number of aliphatic imine (C=N–C) groups is 1. The molecule has 4 heteroatoms. The first-order chi connectivity index (χ1) is 4.34. The van der Waals surface area contributed by atoms with E-state index < -0.39 is 0 Å². The number of rotatable bonds is 2. The van der Waals surface area contributed by atoms with Crippen molar-refractivity contribution in [2.45, 2.75) is 0 Å². The molecule has 3 nitrogen and oxygen atoms in total. The molecule has 1 unspecified atom stereocenters. The van der Waals surface area contributed by atoms with Crippen molar-refractivity contribution in [3.8, 4) is 0 Å². The fourth-order valence-corrected chi connectivity index (χ4v) is 1.27. The third-order valence-corrected chi connectivity index (χ3v) is 1.91. The zero-order valence-electron chi connectivity index (χ0n) is 5.38. The molecule has 0 fully saturated rings. The Morgan fingerprint density at radius 3 is 3.00 bits per heavy atom. The van der Waals surface area contributed by atoms with E-state index in [2.05, 4.69) is 19.1 Å². The first-order valence-corrected chi connectivity index (χ1v) is 3.67. The molecule has 52 valence electrons. The summed E-state index contributed by atoms with van der Waals surface area (Å²) in [5.41, 5.74) is 6.42. The monoisotopic (exact) mass is 145 g/mol. The lowest BCUT2D eigenvalue weighted by Gasteiger charge is -2.15. The van der Waals surface area contributed by atoms with Crippen LogP contribution < -0.4 is 5.73 Å². The second-order valence-corrected chi connectivity index (χ2v) is 2.53. The van der Waals surface area contributed by atoms with Crippen molar-refractivity contribution in [1.29, 1.82) is 0 Å². The Balaban J connectivity index is 2.34. The fraction of sp³-hybridized carbons (Fsp3) is 0.800. The van der Waals surface area contributed by atoms with Crippen LogP contribution in [0.25, 0.3) is 0 Å². The molecular weight excluding hydrogens is 133 g/mol. The Hall–Kier alpha value is -0.140. The van der Waals surface area contributed by atoms with Gasteiger partial charge in [0.05, 0.1) is 6.54 Å². The standard InChI is InChI=1S/C5H12N3P/c6-1-3-8-4-2-7-5(8)9/h1-4,6,9H2. The molecule has 0 saturated carbocycles. The number of amidine groups is 1. The molecule has 0 aromatic heterocycles. The highest BCUT2D eigenvalue weighted by Crippen LogP contribution is 2.05. The summed E-state index contributed by atoms with van der Waals surface area (Å²) < 4.78 is 0. The minimum atomic E-state index is 0.716. The smallest absolute Gasteiger partial charge is 0.116 e. The van der Waals surface area contributed by atoms with Gasteiger partial charge in [-0.3, -0.25) is 4.99 Å². The molecule has 1 rings (SSSR count). The van der Waals surface area contributed by atoms with E-state index in [1.807, 2.05) is 0 Å². The maximum absolute atomic E-state index is 5.36. The molecule has 0 aromatic rings. The molecule has 0 aliphatic carbocycles. The van der Waals surface area contributed by atoms with Gasteiger partial charge in [-0.15, -0.1) is 0 Å². The SMILES string of the molecule is NCCN1CCN=C1P. The lowest BCUT2D eigenvalue weighted by molar-refractivity contribution is 0.475. The average Bonchev–Trinajstić information content (AvgIpc) is 2.18. The predicted molar refractivity (Wildman–Crippen MR) is 42.6 cm³/mol. The van der Waals surface area contributed by atoms with Gasteiger partial charge in [0.25, 0.3) is 0 Å². The van der Waals surface area contributed by atoms with Gasteiger partial charge >= 0.3 is 0 Å². The predicted octanol–water partition coefficient (Wildman–Crippen LogP) is -0.508. The molecule has 1 atom stereocenters. The Bertz CT molecular complexity index is 123. The summed E-state index contributed by atoms with van der Waals surface area (Å²) in [5, 5.41) is 0. The normalized spacial score (nSPS) is 18.4. The minimum absolute atomic E-state index is 0.716. The van der Waals surface area contributed by atoms with Crippen LogP contribution in [0, 0.1) is 0 Å². The molecule has 1 aliphatic rings. The van der Waals surface area contributed by atoms with E-state index in [4.69, 9.17) is 5.73 Å². The first kappa shape index (κ1) is 6.97. The minimum Gasteiger partial charge on any atom is -0.354 e. The molecule has 0 spiro atoms. The van der Waals surface area contributed by atoms with Crippen molar-refractivity contribution in [2.24, 2.45) is 10.7 Å². The Labute approximate surface area is 57.5 Å². The van der Waals surface area contributed by atoms with Crippen LogP contribution in [0.1, 0.15) is 0 Å². The molecule has 0 amide bonds. The Morgan fingerprint density at radius 1 is 1.78 bits per heavy atom. The molecule has 0 radical (unpaired) electrons. The summed E-state index contributed by atoms with van der Waals surface area (Å²) in [6.07, 6.45) is 0. The number of hydrogen-bond donors (Lipinski definition) is 1. The van der Waals surface area contributed by atoms with Crippen molar-refractivity contribution >= 4 is 14.8 Å². The average molecular weight is 145 g/mol. The highest BCUT2D eigenvalue weighted by Gasteiger charge is 2.09. The van der Waals surface area contributed by atoms with Gasteiger partial charge in [0.1, 0.15) is 5.58 Å². The van der Waals surface area contributed by atoms with Gasteiger partial charge in [0.2, 0.25) is 0 Å². The largest absolute Gasteiger partial charge is 0.354 e. The summed E-state index contributed by atoms with van der Waals surface area (Å²) in [6, 6.07) is 0. The molecule has 0 saturated heterocycles. The number of nitrogens with two attached hydrogens (primary N) is 1. The topological polar surface area (TPSA) is 41.6 Å². The molecule has 2 N–H and O–H groups in total. The van der Waals surface area contributed by atoms with Gasteiger partial charge in [0, 0.05) is 19.6 Å². The summed E-state index contributed by atoms with van der Waals surface area (Å²) in [6.45, 7) is 3.62. The number of nitrogens with zero attached hydrogens (tertiary/aromatic N) is 2. The van der Waals surface area contributed by atoms with E-state index in [9.17, 15) is 0 Å². The summed E-state index contributed by atoms with van der Waals surface area (Å²) in [4.78, 5) is 6.36. The highest BCUT2D eigenvalue weighted by molar-refractivity contribution is 7.40. The van der Waals surface area contributed by atoms with Gasteiger partial charge < -0.3 is 10.6 Å². The zero-order chi connectivity index (χ0) is 6.69. The van der Waals surface area contributed by atoms with Crippen molar-refractivity contribution < 1.29 is 0 Å². The third kappa shape index (κ3) is 1.63. The van der Waals surface area contributed by atoms with E-state index >= 15 is 0 Å². The van der Waals surface area contributed by atoms with Crippen LogP contribution in [-0.2, 0) is 0 Å². The van der Waals surface area contributed by atoms with Crippen molar-refractivity contribution in [1.82, 2.24) is 4.90 Å². The van der Waals surface area contributed by atoms with E-state index in [0.29, 0.717) is 6.54 Å². The van der Waals surface area contributed by atoms with E-state index in [0.717, 1.165) is 25.2 Å². The molecule has 0 bridgehead atoms. The molecular formula is C5H12N3P. The second-order valence-electron chi connectivity index (χ2n) is 2.02. The molecule has 9 heavy (non-hydrogen) atoms. The van der Waals surface area contributed by atoms with E-state index in [1.54, 1.807) is 0 Å². The maximum atomic E-state index is 5.36. The summed E-state index contributed by atoms with van der Waals surface area (Å²) in [7, 11) is 2.61.